The molecule has 1 unspecified atom stereocenters. The van der Waals surface area contributed by atoms with Gasteiger partial charge in [-0.3, -0.25) is 18.9 Å². The predicted octanol–water partition coefficient (Wildman–Crippen LogP) is 7.11. The van der Waals surface area contributed by atoms with Gasteiger partial charge in [-0.25, -0.2) is 0 Å². The van der Waals surface area contributed by atoms with E-state index in [9.17, 15) is 35.8 Å². The van der Waals surface area contributed by atoms with Gasteiger partial charge >= 0.3 is 0 Å². The zero-order valence-corrected chi connectivity index (χ0v) is 31.1. The molecule has 1 heterocycles. The number of benzene rings is 4. The van der Waals surface area contributed by atoms with Crippen LogP contribution in [0.25, 0.3) is 21.9 Å². The van der Waals surface area contributed by atoms with Gasteiger partial charge in [-0.15, -0.1) is 5.11 Å². The summed E-state index contributed by atoms with van der Waals surface area (Å²) in [6, 6.07) is 13.9. The average molecular weight is 768 g/mol. The van der Waals surface area contributed by atoms with Crippen LogP contribution in [0.15, 0.2) is 85.0 Å². The number of azo groups is 1. The molecule has 53 heavy (non-hydrogen) atoms. The molecule has 0 fully saturated rings. The molecule has 18 heteroatoms. The number of hydrogen-bond donors (Lipinski definition) is 5. The van der Waals surface area contributed by atoms with E-state index in [1.54, 1.807) is 18.0 Å². The summed E-state index contributed by atoms with van der Waals surface area (Å²) in [4.78, 5) is 10.9. The van der Waals surface area contributed by atoms with Crippen LogP contribution in [-0.2, 0) is 29.8 Å². The van der Waals surface area contributed by atoms with Crippen LogP contribution in [0.5, 0.6) is 5.75 Å². The second-order valence-electron chi connectivity index (χ2n) is 13.2. The first-order valence-electron chi connectivity index (χ1n) is 16.6. The van der Waals surface area contributed by atoms with Crippen LogP contribution in [0, 0.1) is 19.8 Å². The minimum Gasteiger partial charge on any atom is -0.505 e. The molecule has 0 saturated carbocycles. The van der Waals surface area contributed by atoms with Crippen molar-refractivity contribution in [1.29, 1.82) is 0 Å². The fraction of sp³-hybridized carbons (Fsp3) is 0.343. The summed E-state index contributed by atoms with van der Waals surface area (Å²) in [6.07, 6.45) is 1.84. The maximum Gasteiger partial charge on any atom is 0.296 e. The van der Waals surface area contributed by atoms with Crippen molar-refractivity contribution in [3.63, 3.8) is 0 Å². The molecule has 16 nitrogen and oxygen atoms in total. The number of nitrogens with zero attached hydrogens (tertiary/aromatic N) is 5. The third-order valence-corrected chi connectivity index (χ3v) is 10.4. The molecule has 4 aromatic carbocycles. The van der Waals surface area contributed by atoms with Crippen molar-refractivity contribution in [3.8, 4) is 16.9 Å². The van der Waals surface area contributed by atoms with Crippen molar-refractivity contribution in [2.75, 3.05) is 30.9 Å². The normalized spacial score (nSPS) is 14.9. The minimum atomic E-state index is -5.04. The molecule has 0 radical (unpaired) electrons. The summed E-state index contributed by atoms with van der Waals surface area (Å²) >= 11 is 0. The lowest BCUT2D eigenvalue weighted by Crippen LogP contribution is -2.25. The zero-order valence-electron chi connectivity index (χ0n) is 29.5. The van der Waals surface area contributed by atoms with Crippen LogP contribution in [0.2, 0.25) is 0 Å². The van der Waals surface area contributed by atoms with E-state index in [0.29, 0.717) is 61.6 Å². The van der Waals surface area contributed by atoms with Crippen molar-refractivity contribution in [1.82, 2.24) is 5.01 Å². The van der Waals surface area contributed by atoms with Gasteiger partial charge in [0, 0.05) is 24.1 Å². The van der Waals surface area contributed by atoms with Gasteiger partial charge < -0.3 is 20.9 Å². The largest absolute Gasteiger partial charge is 0.505 e. The van der Waals surface area contributed by atoms with E-state index in [2.05, 4.69) is 39.7 Å². The molecule has 4 aromatic rings. The molecule has 0 aliphatic carbocycles. The van der Waals surface area contributed by atoms with E-state index in [-0.39, 0.29) is 23.0 Å². The molecular formula is C35H41N7O9S2. The van der Waals surface area contributed by atoms with E-state index in [4.69, 9.17) is 10.5 Å². The number of fused-ring (bicyclic) bond motifs is 1. The predicted molar refractivity (Wildman–Crippen MR) is 199 cm³/mol. The maximum absolute atomic E-state index is 12.8. The van der Waals surface area contributed by atoms with Crippen molar-refractivity contribution in [2.24, 2.45) is 26.5 Å². The van der Waals surface area contributed by atoms with E-state index < -0.39 is 46.9 Å². The van der Waals surface area contributed by atoms with Crippen LogP contribution in [-0.4, -0.2) is 67.9 Å². The number of amides is 1. The molecule has 1 amide bonds. The molecule has 282 valence electrons. The second kappa shape index (κ2) is 15.9. The number of phenols is 1. The number of carbonyl (C=O) groups excluding carboxylic acids is 1. The molecule has 1 aliphatic heterocycles. The van der Waals surface area contributed by atoms with Gasteiger partial charge in [0.2, 0.25) is 5.91 Å². The summed E-state index contributed by atoms with van der Waals surface area (Å²) in [7, 11) is -10.0. The highest BCUT2D eigenvalue weighted by Crippen LogP contribution is 2.44. The van der Waals surface area contributed by atoms with Gasteiger partial charge in [-0.2, -0.15) is 27.1 Å². The molecule has 6 N–H and O–H groups in total. The van der Waals surface area contributed by atoms with Gasteiger partial charge in [0.15, 0.2) is 5.75 Å². The molecule has 1 aliphatic rings. The Kier molecular flexibility index (Phi) is 11.8. The summed E-state index contributed by atoms with van der Waals surface area (Å²) in [5.41, 5.74) is 9.54. The number of nitrogens with one attached hydrogen (secondary N) is 1. The highest BCUT2D eigenvalue weighted by atomic mass is 32.2. The van der Waals surface area contributed by atoms with Crippen LogP contribution >= 0.6 is 0 Å². The monoisotopic (exact) mass is 767 g/mol. The Morgan fingerprint density at radius 2 is 1.60 bits per heavy atom. The summed E-state index contributed by atoms with van der Waals surface area (Å²) in [6.45, 7) is 9.66. The first-order chi connectivity index (χ1) is 24.9. The number of aryl methyl sites for hydroxylation is 2. The molecule has 1 atom stereocenters. The molecular weight excluding hydrogens is 727 g/mol. The Morgan fingerprint density at radius 1 is 0.962 bits per heavy atom. The first-order valence-corrected chi connectivity index (χ1v) is 19.5. The lowest BCUT2D eigenvalue weighted by Gasteiger charge is -2.15. The smallest absolute Gasteiger partial charge is 0.296 e. The van der Waals surface area contributed by atoms with E-state index >= 15 is 0 Å². The average Bonchev–Trinajstić information content (AvgIpc) is 3.53. The highest BCUT2D eigenvalue weighted by molar-refractivity contribution is 7.87. The number of ether oxygens (including phenoxy) is 1. The van der Waals surface area contributed by atoms with Crippen molar-refractivity contribution in [3.05, 3.63) is 65.7 Å². The molecule has 0 aromatic heterocycles. The highest BCUT2D eigenvalue weighted by Gasteiger charge is 2.27. The second-order valence-corrected chi connectivity index (χ2v) is 16.0. The maximum atomic E-state index is 12.8. The van der Waals surface area contributed by atoms with Gasteiger partial charge in [0.25, 0.3) is 20.2 Å². The van der Waals surface area contributed by atoms with Crippen LogP contribution in [0.4, 0.5) is 22.7 Å². The van der Waals surface area contributed by atoms with Crippen LogP contribution in [0.1, 0.15) is 44.2 Å². The van der Waals surface area contributed by atoms with Gasteiger partial charge in [0.1, 0.15) is 22.2 Å². The first kappa shape index (κ1) is 39.2. The van der Waals surface area contributed by atoms with Gasteiger partial charge in [-0.05, 0) is 91.3 Å². The number of anilines is 2. The minimum absolute atomic E-state index is 0.0665. The Morgan fingerprint density at radius 3 is 2.25 bits per heavy atom. The molecule has 0 spiro atoms. The van der Waals surface area contributed by atoms with E-state index in [0.717, 1.165) is 23.1 Å². The number of nitrogen functional groups attached to an aromatic ring is 1. The fourth-order valence-corrected chi connectivity index (χ4v) is 7.13. The number of rotatable bonds is 14. The quantitative estimate of drug-likeness (QED) is 0.0374. The summed E-state index contributed by atoms with van der Waals surface area (Å²) in [5, 5.41) is 31.6. The standard InChI is InChI=1S/C35H41N7O9S2/c1-20(2)13-14-51-19-42-18-25(38-41-42)7-12-32(43)37-27-9-5-23(15-21(27)3)24-6-10-28(22(4)16-24)39-40-29-11-8-26-30(52(45,46)47)17-31(53(48,49)50)34(36)33(26)35(29)44/h5-6,8-11,15-17,20,25,44H,7,12-14,18-19,36H2,1-4H3,(H,37,43)(H,45,46,47)(H,48,49,50). The molecule has 0 saturated heterocycles. The Balaban J connectivity index is 1.24. The van der Waals surface area contributed by atoms with Crippen molar-refractivity contribution < 1.29 is 40.6 Å². The van der Waals surface area contributed by atoms with Crippen LogP contribution in [0.3, 0.4) is 0 Å². The lowest BCUT2D eigenvalue weighted by molar-refractivity contribution is -0.116. The van der Waals surface area contributed by atoms with Gasteiger partial charge in [0.05, 0.1) is 29.3 Å². The number of carbonyl (C=O) groups is 1. The van der Waals surface area contributed by atoms with Crippen molar-refractivity contribution in [2.45, 2.75) is 62.8 Å². The van der Waals surface area contributed by atoms with Crippen molar-refractivity contribution >= 4 is 59.7 Å². The molecule has 5 rings (SSSR count). The SMILES string of the molecule is Cc1cc(-c2ccc(NC(=O)CCC3CN(COCCC(C)C)N=N3)c(C)c2)ccc1N=Nc1ccc2c(S(=O)(=O)O)cc(S(=O)(=O)O)c(N)c2c1O. The number of nitrogens with two attached hydrogens (primary N) is 1. The van der Waals surface area contributed by atoms with E-state index in [1.165, 1.54) is 12.1 Å². The Labute approximate surface area is 307 Å². The summed E-state index contributed by atoms with van der Waals surface area (Å²) in [5.74, 6) is -0.265. The summed E-state index contributed by atoms with van der Waals surface area (Å²) < 4.78 is 72.7. The van der Waals surface area contributed by atoms with Crippen LogP contribution < -0.4 is 11.1 Å². The third kappa shape index (κ3) is 9.51. The third-order valence-electron chi connectivity index (χ3n) is 8.62. The molecule has 0 bridgehead atoms. The Hall–Kier alpha value is -5.01. The fourth-order valence-electron chi connectivity index (χ4n) is 5.69. The van der Waals surface area contributed by atoms with E-state index in [1.807, 2.05) is 37.3 Å². The zero-order chi connectivity index (χ0) is 38.7. The topological polar surface area (TPSA) is 246 Å². The number of hydrogen-bond acceptors (Lipinski definition) is 13. The number of aromatic hydroxyl groups is 1. The lowest BCUT2D eigenvalue weighted by atomic mass is 10.00. The van der Waals surface area contributed by atoms with Gasteiger partial charge in [-0.1, -0.05) is 37.3 Å². The number of phenolic OH excluding ortho intramolecular Hbond substituents is 1. The Bertz CT molecular complexity index is 2330.